The maximum Gasteiger partial charge on any atom is 0.191 e. The molecule has 1 atom stereocenters. The Hall–Kier alpha value is -0.330. The van der Waals surface area contributed by atoms with Crippen LogP contribution in [0.5, 0.6) is 0 Å². The van der Waals surface area contributed by atoms with Crippen molar-refractivity contribution in [3.05, 3.63) is 0 Å². The van der Waals surface area contributed by atoms with Gasteiger partial charge in [0.05, 0.1) is 19.3 Å². The standard InChI is InChI=1S/C8H17N3O2.BrH/c1-2-13-4-3-9-8-10-5-7(12)6-11-8;/h7,12H,2-6H2,1H3,(H2,9,10,11);1H. The number of aliphatic hydroxyl groups excluding tert-OH is 1. The molecule has 14 heavy (non-hydrogen) atoms. The number of hydrogen-bond acceptors (Lipinski definition) is 5. The molecule has 0 aromatic heterocycles. The number of nitrogens with zero attached hydrogens (tertiary/aromatic N) is 1. The number of β-amino-alcohol motifs (C(OH)–C–C–N with tert-alkyl or cyclic N) is 1. The molecule has 84 valence electrons. The molecule has 1 heterocycles. The predicted molar refractivity (Wildman–Crippen MR) is 61.1 cm³/mol. The average molecular weight is 268 g/mol. The van der Waals surface area contributed by atoms with Gasteiger partial charge in [-0.1, -0.05) is 0 Å². The van der Waals surface area contributed by atoms with Crippen LogP contribution in [-0.2, 0) is 4.74 Å². The lowest BCUT2D eigenvalue weighted by Gasteiger charge is -2.19. The van der Waals surface area contributed by atoms with Crippen molar-refractivity contribution in [1.82, 2.24) is 10.6 Å². The number of aliphatic imine (C=N–C) groups is 1. The minimum Gasteiger partial charge on any atom is -0.389 e. The Morgan fingerprint density at radius 2 is 2.50 bits per heavy atom. The van der Waals surface area contributed by atoms with Gasteiger partial charge in [0.15, 0.2) is 5.96 Å². The molecule has 0 saturated carbocycles. The van der Waals surface area contributed by atoms with E-state index in [-0.39, 0.29) is 23.1 Å². The van der Waals surface area contributed by atoms with Crippen LogP contribution in [0.2, 0.25) is 0 Å². The van der Waals surface area contributed by atoms with Crippen molar-refractivity contribution in [3.63, 3.8) is 0 Å². The van der Waals surface area contributed by atoms with Gasteiger partial charge in [0, 0.05) is 19.7 Å². The summed E-state index contributed by atoms with van der Waals surface area (Å²) in [7, 11) is 0. The second kappa shape index (κ2) is 8.02. The zero-order valence-electron chi connectivity index (χ0n) is 8.32. The summed E-state index contributed by atoms with van der Waals surface area (Å²) in [5.41, 5.74) is 0. The van der Waals surface area contributed by atoms with Crippen LogP contribution in [-0.4, -0.2) is 50.0 Å². The topological polar surface area (TPSA) is 65.9 Å². The van der Waals surface area contributed by atoms with Crippen molar-refractivity contribution in [3.8, 4) is 0 Å². The molecule has 1 unspecified atom stereocenters. The van der Waals surface area contributed by atoms with Gasteiger partial charge in [-0.3, -0.25) is 4.99 Å². The third-order valence-electron chi connectivity index (χ3n) is 1.71. The first-order valence-electron chi connectivity index (χ1n) is 4.61. The second-order valence-corrected chi connectivity index (χ2v) is 2.85. The van der Waals surface area contributed by atoms with E-state index in [4.69, 9.17) is 9.84 Å². The van der Waals surface area contributed by atoms with E-state index in [0.29, 0.717) is 19.7 Å². The van der Waals surface area contributed by atoms with Crippen molar-refractivity contribution in [2.75, 3.05) is 32.8 Å². The van der Waals surface area contributed by atoms with Crippen molar-refractivity contribution < 1.29 is 9.84 Å². The average Bonchev–Trinajstić information content (AvgIpc) is 2.15. The van der Waals surface area contributed by atoms with Crippen LogP contribution in [0.15, 0.2) is 4.99 Å². The van der Waals surface area contributed by atoms with E-state index in [1.54, 1.807) is 0 Å². The zero-order valence-corrected chi connectivity index (χ0v) is 10.0. The van der Waals surface area contributed by atoms with Crippen LogP contribution in [0.25, 0.3) is 0 Å². The molecule has 0 saturated heterocycles. The first kappa shape index (κ1) is 13.7. The van der Waals surface area contributed by atoms with Crippen molar-refractivity contribution in [2.24, 2.45) is 4.99 Å². The summed E-state index contributed by atoms with van der Waals surface area (Å²) in [6.45, 7) is 5.17. The molecule has 0 fully saturated rings. The first-order valence-corrected chi connectivity index (χ1v) is 4.61. The Kier molecular flexibility index (Phi) is 7.83. The first-order chi connectivity index (χ1) is 6.33. The summed E-state index contributed by atoms with van der Waals surface area (Å²) in [5, 5.41) is 15.2. The highest BCUT2D eigenvalue weighted by Gasteiger charge is 2.10. The summed E-state index contributed by atoms with van der Waals surface area (Å²) in [6.07, 6.45) is -0.350. The highest BCUT2D eigenvalue weighted by atomic mass is 79.9. The lowest BCUT2D eigenvalue weighted by molar-refractivity contribution is 0.151. The number of guanidine groups is 1. The SMILES string of the molecule is Br.CCOCCNC1=NCC(O)CN1. The van der Waals surface area contributed by atoms with E-state index in [0.717, 1.165) is 19.1 Å². The molecule has 5 nitrogen and oxygen atoms in total. The molecular formula is C8H18BrN3O2. The molecule has 0 amide bonds. The quantitative estimate of drug-likeness (QED) is 0.602. The van der Waals surface area contributed by atoms with Crippen molar-refractivity contribution in [1.29, 1.82) is 0 Å². The summed E-state index contributed by atoms with van der Waals surface area (Å²) in [4.78, 5) is 4.10. The number of halogens is 1. The van der Waals surface area contributed by atoms with Crippen molar-refractivity contribution >= 4 is 22.9 Å². The van der Waals surface area contributed by atoms with Gasteiger partial charge in [-0.25, -0.2) is 0 Å². The Morgan fingerprint density at radius 3 is 3.07 bits per heavy atom. The molecule has 0 bridgehead atoms. The Bertz CT molecular complexity index is 178. The third kappa shape index (κ3) is 5.41. The number of ether oxygens (including phenoxy) is 1. The van der Waals surface area contributed by atoms with Crippen molar-refractivity contribution in [2.45, 2.75) is 13.0 Å². The molecule has 1 rings (SSSR count). The molecule has 1 aliphatic rings. The molecular weight excluding hydrogens is 250 g/mol. The minimum atomic E-state index is -0.350. The fourth-order valence-electron chi connectivity index (χ4n) is 1.04. The van der Waals surface area contributed by atoms with Gasteiger partial charge in [-0.15, -0.1) is 17.0 Å². The molecule has 0 aromatic carbocycles. The predicted octanol–water partition coefficient (Wildman–Crippen LogP) is -0.489. The van der Waals surface area contributed by atoms with Crippen LogP contribution < -0.4 is 10.6 Å². The smallest absolute Gasteiger partial charge is 0.191 e. The van der Waals surface area contributed by atoms with Gasteiger partial charge in [-0.05, 0) is 6.92 Å². The van der Waals surface area contributed by atoms with Gasteiger partial charge < -0.3 is 20.5 Å². The van der Waals surface area contributed by atoms with Crippen LogP contribution in [0, 0.1) is 0 Å². The normalized spacial score (nSPS) is 20.4. The van der Waals surface area contributed by atoms with Gasteiger partial charge in [0.25, 0.3) is 0 Å². The monoisotopic (exact) mass is 267 g/mol. The number of hydrogen-bond donors (Lipinski definition) is 3. The maximum absolute atomic E-state index is 9.11. The molecule has 3 N–H and O–H groups in total. The fraction of sp³-hybridized carbons (Fsp3) is 0.875. The highest BCUT2D eigenvalue weighted by molar-refractivity contribution is 8.93. The largest absolute Gasteiger partial charge is 0.389 e. The van der Waals surface area contributed by atoms with Gasteiger partial charge >= 0.3 is 0 Å². The van der Waals surface area contributed by atoms with Gasteiger partial charge in [0.1, 0.15) is 0 Å². The van der Waals surface area contributed by atoms with E-state index in [9.17, 15) is 0 Å². The lowest BCUT2D eigenvalue weighted by atomic mass is 10.3. The number of nitrogens with one attached hydrogen (secondary N) is 2. The Labute approximate surface area is 94.7 Å². The maximum atomic E-state index is 9.11. The molecule has 0 aliphatic carbocycles. The minimum absolute atomic E-state index is 0. The molecule has 0 radical (unpaired) electrons. The van der Waals surface area contributed by atoms with E-state index in [1.165, 1.54) is 0 Å². The van der Waals surface area contributed by atoms with Crippen LogP contribution >= 0.6 is 17.0 Å². The molecule has 1 aliphatic heterocycles. The fourth-order valence-corrected chi connectivity index (χ4v) is 1.04. The van der Waals surface area contributed by atoms with Crippen LogP contribution in [0.3, 0.4) is 0 Å². The number of aliphatic hydroxyl groups is 1. The van der Waals surface area contributed by atoms with E-state index in [2.05, 4.69) is 15.6 Å². The summed E-state index contributed by atoms with van der Waals surface area (Å²) >= 11 is 0. The Balaban J connectivity index is 0.00000169. The summed E-state index contributed by atoms with van der Waals surface area (Å²) in [6, 6.07) is 0. The van der Waals surface area contributed by atoms with Crippen LogP contribution in [0.4, 0.5) is 0 Å². The van der Waals surface area contributed by atoms with E-state index >= 15 is 0 Å². The highest BCUT2D eigenvalue weighted by Crippen LogP contribution is 1.88. The van der Waals surface area contributed by atoms with Crippen LogP contribution in [0.1, 0.15) is 6.92 Å². The molecule has 0 aromatic rings. The third-order valence-corrected chi connectivity index (χ3v) is 1.71. The number of rotatable bonds is 4. The zero-order chi connectivity index (χ0) is 9.52. The molecule has 0 spiro atoms. The van der Waals surface area contributed by atoms with Gasteiger partial charge in [-0.2, -0.15) is 0 Å². The van der Waals surface area contributed by atoms with E-state index in [1.807, 2.05) is 6.92 Å². The Morgan fingerprint density at radius 1 is 1.71 bits per heavy atom. The summed E-state index contributed by atoms with van der Waals surface area (Å²) in [5.74, 6) is 0.755. The van der Waals surface area contributed by atoms with Gasteiger partial charge in [0.2, 0.25) is 0 Å². The van der Waals surface area contributed by atoms with E-state index < -0.39 is 0 Å². The molecule has 6 heteroatoms. The summed E-state index contributed by atoms with van der Waals surface area (Å²) < 4.78 is 5.15. The lowest BCUT2D eigenvalue weighted by Crippen LogP contribution is -2.46. The second-order valence-electron chi connectivity index (χ2n) is 2.85.